The first-order chi connectivity index (χ1) is 14.7. The summed E-state index contributed by atoms with van der Waals surface area (Å²) in [6, 6.07) is 15.6. The maximum Gasteiger partial charge on any atom is 0.255 e. The minimum absolute atomic E-state index is 0.108. The summed E-state index contributed by atoms with van der Waals surface area (Å²) in [5, 5.41) is 4.98. The molecule has 0 aliphatic carbocycles. The number of imidazole rings is 1. The second kappa shape index (κ2) is 8.39. The van der Waals surface area contributed by atoms with E-state index in [0.717, 1.165) is 54.8 Å². The Balaban J connectivity index is 1.22. The summed E-state index contributed by atoms with van der Waals surface area (Å²) in [6.45, 7) is 4.37. The van der Waals surface area contributed by atoms with Crippen molar-refractivity contribution in [3.63, 3.8) is 0 Å². The van der Waals surface area contributed by atoms with Crippen LogP contribution in [0.1, 0.15) is 15.9 Å². The second-order valence-electron chi connectivity index (χ2n) is 7.34. The number of carbonyl (C=O) groups excluding carboxylic acids is 1. The van der Waals surface area contributed by atoms with Crippen molar-refractivity contribution in [3.8, 4) is 11.3 Å². The highest BCUT2D eigenvalue weighted by Gasteiger charge is 2.12. The van der Waals surface area contributed by atoms with Crippen LogP contribution < -0.4 is 5.32 Å². The fourth-order valence-corrected chi connectivity index (χ4v) is 4.27. The number of hydrogen-bond acceptors (Lipinski definition) is 5. The molecule has 2 aromatic heterocycles. The highest BCUT2D eigenvalue weighted by atomic mass is 32.1. The predicted molar refractivity (Wildman–Crippen MR) is 119 cm³/mol. The number of anilines is 1. The topological polar surface area (TPSA) is 58.9 Å². The molecule has 0 atom stereocenters. The number of nitrogens with zero attached hydrogens (tertiary/aromatic N) is 3. The fourth-order valence-electron chi connectivity index (χ4n) is 3.57. The van der Waals surface area contributed by atoms with Gasteiger partial charge in [0.15, 0.2) is 4.96 Å². The Morgan fingerprint density at radius 2 is 1.83 bits per heavy atom. The number of hydrogen-bond donors (Lipinski definition) is 1. The maximum absolute atomic E-state index is 12.6. The van der Waals surface area contributed by atoms with Crippen molar-refractivity contribution in [2.75, 3.05) is 31.6 Å². The first kappa shape index (κ1) is 19.0. The van der Waals surface area contributed by atoms with E-state index in [2.05, 4.69) is 15.2 Å². The fraction of sp³-hybridized carbons (Fsp3) is 0.217. The van der Waals surface area contributed by atoms with Gasteiger partial charge in [0.25, 0.3) is 5.91 Å². The number of benzene rings is 2. The lowest BCUT2D eigenvalue weighted by Crippen LogP contribution is -2.35. The molecule has 6 nitrogen and oxygen atoms in total. The minimum atomic E-state index is -0.108. The Labute approximate surface area is 178 Å². The van der Waals surface area contributed by atoms with E-state index in [1.165, 1.54) is 5.56 Å². The smallest absolute Gasteiger partial charge is 0.255 e. The monoisotopic (exact) mass is 418 g/mol. The van der Waals surface area contributed by atoms with Crippen LogP contribution in [0.2, 0.25) is 0 Å². The lowest BCUT2D eigenvalue weighted by Gasteiger charge is -2.26. The van der Waals surface area contributed by atoms with Crippen LogP contribution in [0.25, 0.3) is 16.2 Å². The van der Waals surface area contributed by atoms with Gasteiger partial charge in [-0.25, -0.2) is 4.98 Å². The molecule has 0 unspecified atom stereocenters. The summed E-state index contributed by atoms with van der Waals surface area (Å²) in [5.74, 6) is -0.108. The molecule has 5 rings (SSSR count). The molecule has 4 aromatic rings. The summed E-state index contributed by atoms with van der Waals surface area (Å²) < 4.78 is 7.40. The van der Waals surface area contributed by atoms with Crippen molar-refractivity contribution in [3.05, 3.63) is 77.4 Å². The quantitative estimate of drug-likeness (QED) is 0.529. The van der Waals surface area contributed by atoms with Gasteiger partial charge >= 0.3 is 0 Å². The number of morpholine rings is 1. The van der Waals surface area contributed by atoms with Crippen LogP contribution >= 0.6 is 11.3 Å². The molecule has 1 saturated heterocycles. The zero-order valence-electron chi connectivity index (χ0n) is 16.5. The van der Waals surface area contributed by atoms with Crippen molar-refractivity contribution in [1.29, 1.82) is 0 Å². The van der Waals surface area contributed by atoms with E-state index >= 15 is 0 Å². The maximum atomic E-state index is 12.6. The third-order valence-corrected chi connectivity index (χ3v) is 6.03. The molecule has 0 bridgehead atoms. The van der Waals surface area contributed by atoms with Gasteiger partial charge < -0.3 is 10.1 Å². The van der Waals surface area contributed by atoms with E-state index in [4.69, 9.17) is 4.74 Å². The number of carbonyl (C=O) groups is 1. The Kier molecular flexibility index (Phi) is 5.31. The van der Waals surface area contributed by atoms with E-state index < -0.39 is 0 Å². The molecular formula is C23H22N4O2S. The van der Waals surface area contributed by atoms with Gasteiger partial charge in [0.05, 0.1) is 18.9 Å². The summed E-state index contributed by atoms with van der Waals surface area (Å²) in [7, 11) is 0. The summed E-state index contributed by atoms with van der Waals surface area (Å²) >= 11 is 1.61. The number of fused-ring (bicyclic) bond motifs is 1. The lowest BCUT2D eigenvalue weighted by atomic mass is 10.1. The van der Waals surface area contributed by atoms with Gasteiger partial charge in [-0.15, -0.1) is 11.3 Å². The molecule has 2 aromatic carbocycles. The number of thiazole rings is 1. The van der Waals surface area contributed by atoms with Crippen LogP contribution in [0.5, 0.6) is 0 Å². The van der Waals surface area contributed by atoms with Crippen molar-refractivity contribution >= 4 is 27.9 Å². The molecule has 152 valence electrons. The van der Waals surface area contributed by atoms with Gasteiger partial charge in [-0.1, -0.05) is 24.3 Å². The van der Waals surface area contributed by atoms with Crippen molar-refractivity contribution in [1.82, 2.24) is 14.3 Å². The van der Waals surface area contributed by atoms with Gasteiger partial charge in [-0.05, 0) is 29.8 Å². The molecular weight excluding hydrogens is 396 g/mol. The normalized spacial score (nSPS) is 14.8. The van der Waals surface area contributed by atoms with Gasteiger partial charge in [-0.3, -0.25) is 14.1 Å². The standard InChI is InChI=1S/C23H22N4O2S/c28-22(19-3-1-17(2-4-19)15-26-9-12-29-13-10-26)24-20-7-5-18(6-8-20)21-16-27-11-14-30-23(27)25-21/h1-8,11,14,16H,9-10,12-13,15H2,(H,24,28). The van der Waals surface area contributed by atoms with Crippen LogP contribution in [-0.4, -0.2) is 46.5 Å². The van der Waals surface area contributed by atoms with Crippen LogP contribution in [0.4, 0.5) is 5.69 Å². The van der Waals surface area contributed by atoms with Crippen molar-refractivity contribution < 1.29 is 9.53 Å². The van der Waals surface area contributed by atoms with Crippen molar-refractivity contribution in [2.24, 2.45) is 0 Å². The highest BCUT2D eigenvalue weighted by Crippen LogP contribution is 2.23. The Morgan fingerprint density at radius 1 is 1.07 bits per heavy atom. The Morgan fingerprint density at radius 3 is 2.57 bits per heavy atom. The molecule has 1 aliphatic heterocycles. The third kappa shape index (κ3) is 4.14. The van der Waals surface area contributed by atoms with Gasteiger partial charge in [0.1, 0.15) is 0 Å². The molecule has 1 amide bonds. The molecule has 3 heterocycles. The van der Waals surface area contributed by atoms with Crippen LogP contribution in [0.3, 0.4) is 0 Å². The van der Waals surface area contributed by atoms with Crippen LogP contribution in [0, 0.1) is 0 Å². The zero-order chi connectivity index (χ0) is 20.3. The zero-order valence-corrected chi connectivity index (χ0v) is 17.3. The molecule has 30 heavy (non-hydrogen) atoms. The number of amides is 1. The highest BCUT2D eigenvalue weighted by molar-refractivity contribution is 7.15. The lowest BCUT2D eigenvalue weighted by molar-refractivity contribution is 0.0342. The number of aromatic nitrogens is 2. The average Bonchev–Trinajstić information content (AvgIpc) is 3.38. The molecule has 7 heteroatoms. The largest absolute Gasteiger partial charge is 0.379 e. The molecule has 0 spiro atoms. The number of ether oxygens (including phenoxy) is 1. The van der Waals surface area contributed by atoms with Crippen molar-refractivity contribution in [2.45, 2.75) is 6.54 Å². The SMILES string of the molecule is O=C(Nc1ccc(-c2cn3ccsc3n2)cc1)c1ccc(CN2CCOCC2)cc1. The number of nitrogens with one attached hydrogen (secondary N) is 1. The molecule has 1 fully saturated rings. The third-order valence-electron chi connectivity index (χ3n) is 5.26. The predicted octanol–water partition coefficient (Wildman–Crippen LogP) is 4.15. The first-order valence-electron chi connectivity index (χ1n) is 9.98. The Bertz CT molecular complexity index is 1110. The molecule has 0 saturated carbocycles. The first-order valence-corrected chi connectivity index (χ1v) is 10.9. The van der Waals surface area contributed by atoms with E-state index in [9.17, 15) is 4.79 Å². The molecule has 0 radical (unpaired) electrons. The molecule has 1 aliphatic rings. The van der Waals surface area contributed by atoms with E-state index in [-0.39, 0.29) is 5.91 Å². The molecule has 1 N–H and O–H groups in total. The second-order valence-corrected chi connectivity index (χ2v) is 8.21. The minimum Gasteiger partial charge on any atom is -0.379 e. The van der Waals surface area contributed by atoms with Gasteiger partial charge in [0.2, 0.25) is 0 Å². The summed E-state index contributed by atoms with van der Waals surface area (Å²) in [6.07, 6.45) is 4.01. The number of rotatable bonds is 5. The van der Waals surface area contributed by atoms with E-state index in [0.29, 0.717) is 5.56 Å². The van der Waals surface area contributed by atoms with E-state index in [1.807, 2.05) is 70.7 Å². The average molecular weight is 419 g/mol. The summed E-state index contributed by atoms with van der Waals surface area (Å²) in [5.41, 5.74) is 4.58. The van der Waals surface area contributed by atoms with E-state index in [1.54, 1.807) is 11.3 Å². The van der Waals surface area contributed by atoms with Crippen LogP contribution in [0.15, 0.2) is 66.3 Å². The van der Waals surface area contributed by atoms with Gasteiger partial charge in [0, 0.05) is 54.2 Å². The Hall–Kier alpha value is -3.00. The summed E-state index contributed by atoms with van der Waals surface area (Å²) in [4.78, 5) is 20.6. The van der Waals surface area contributed by atoms with Crippen LogP contribution in [-0.2, 0) is 11.3 Å². The van der Waals surface area contributed by atoms with Gasteiger partial charge in [-0.2, -0.15) is 0 Å².